The van der Waals surface area contributed by atoms with Gasteiger partial charge in [-0.3, -0.25) is 0 Å². The third kappa shape index (κ3) is 2.43. The van der Waals surface area contributed by atoms with Crippen molar-refractivity contribution >= 4 is 0 Å². The van der Waals surface area contributed by atoms with Crippen LogP contribution < -0.4 is 4.74 Å². The maximum Gasteiger partial charge on any atom is 0.119 e. The van der Waals surface area contributed by atoms with Crippen molar-refractivity contribution in [3.63, 3.8) is 0 Å². The lowest BCUT2D eigenvalue weighted by molar-refractivity contribution is 0.340. The predicted octanol–water partition coefficient (Wildman–Crippen LogP) is 3.93. The fraction of sp³-hybridized carbons (Fsp3) is 0.133. The van der Waals surface area contributed by atoms with E-state index in [1.54, 1.807) is 0 Å². The summed E-state index contributed by atoms with van der Waals surface area (Å²) >= 11 is 0. The first-order valence-corrected chi connectivity index (χ1v) is 5.45. The molecule has 0 fully saturated rings. The Kier molecular flexibility index (Phi) is 3.25. The molecular weight excluding hydrogens is 196 g/mol. The van der Waals surface area contributed by atoms with E-state index in [0.717, 1.165) is 11.3 Å². The Morgan fingerprint density at radius 2 is 1.38 bits per heavy atom. The van der Waals surface area contributed by atoms with E-state index in [4.69, 9.17) is 4.74 Å². The normalized spacial score (nSPS) is 10.1. The molecule has 0 spiro atoms. The Balaban J connectivity index is 2.24. The summed E-state index contributed by atoms with van der Waals surface area (Å²) in [5.41, 5.74) is 3.44. The van der Waals surface area contributed by atoms with Gasteiger partial charge in [0.25, 0.3) is 0 Å². The van der Waals surface area contributed by atoms with Crippen molar-refractivity contribution in [3.05, 3.63) is 61.0 Å². The van der Waals surface area contributed by atoms with Crippen molar-refractivity contribution in [3.8, 4) is 16.9 Å². The Labute approximate surface area is 96.7 Å². The molecule has 2 rings (SSSR count). The molecule has 81 valence electrons. The van der Waals surface area contributed by atoms with Crippen molar-refractivity contribution in [2.45, 2.75) is 6.92 Å². The third-order valence-corrected chi connectivity index (χ3v) is 2.45. The van der Waals surface area contributed by atoms with Crippen LogP contribution in [0.25, 0.3) is 11.1 Å². The van der Waals surface area contributed by atoms with Gasteiger partial charge in [-0.1, -0.05) is 36.4 Å². The first-order chi connectivity index (χ1) is 7.79. The Morgan fingerprint density at radius 1 is 0.875 bits per heavy atom. The average Bonchev–Trinajstić information content (AvgIpc) is 2.32. The molecule has 0 amide bonds. The molecule has 0 bridgehead atoms. The number of ether oxygens (including phenoxy) is 1. The van der Waals surface area contributed by atoms with Gasteiger partial charge in [-0.2, -0.15) is 0 Å². The monoisotopic (exact) mass is 211 g/mol. The lowest BCUT2D eigenvalue weighted by Crippen LogP contribution is -1.90. The van der Waals surface area contributed by atoms with Crippen LogP contribution in [0.4, 0.5) is 0 Å². The number of rotatable bonds is 3. The highest BCUT2D eigenvalue weighted by Gasteiger charge is 1.97. The first kappa shape index (κ1) is 10.7. The van der Waals surface area contributed by atoms with E-state index in [0.29, 0.717) is 6.61 Å². The molecular formula is C15H15O. The first-order valence-electron chi connectivity index (χ1n) is 5.45. The maximum atomic E-state index is 5.41. The zero-order chi connectivity index (χ0) is 11.4. The largest absolute Gasteiger partial charge is 0.494 e. The van der Waals surface area contributed by atoms with Crippen LogP contribution in [0, 0.1) is 6.92 Å². The summed E-state index contributed by atoms with van der Waals surface area (Å²) in [4.78, 5) is 0. The van der Waals surface area contributed by atoms with Crippen molar-refractivity contribution < 1.29 is 4.74 Å². The van der Waals surface area contributed by atoms with Gasteiger partial charge >= 0.3 is 0 Å². The quantitative estimate of drug-likeness (QED) is 0.747. The molecule has 0 unspecified atom stereocenters. The van der Waals surface area contributed by atoms with Crippen molar-refractivity contribution in [1.82, 2.24) is 0 Å². The zero-order valence-electron chi connectivity index (χ0n) is 9.44. The highest BCUT2D eigenvalue weighted by Crippen LogP contribution is 2.22. The van der Waals surface area contributed by atoms with E-state index < -0.39 is 0 Å². The van der Waals surface area contributed by atoms with Crippen LogP contribution in [0.2, 0.25) is 0 Å². The second kappa shape index (κ2) is 4.84. The fourth-order valence-electron chi connectivity index (χ4n) is 1.61. The Hall–Kier alpha value is -1.76. The van der Waals surface area contributed by atoms with E-state index >= 15 is 0 Å². The van der Waals surface area contributed by atoms with Gasteiger partial charge in [0, 0.05) is 0 Å². The molecule has 0 aromatic heterocycles. The van der Waals surface area contributed by atoms with Gasteiger partial charge in [0.05, 0.1) is 6.61 Å². The minimum absolute atomic E-state index is 0.704. The van der Waals surface area contributed by atoms with Crippen LogP contribution in [0.1, 0.15) is 12.5 Å². The smallest absolute Gasteiger partial charge is 0.119 e. The van der Waals surface area contributed by atoms with Gasteiger partial charge < -0.3 is 4.74 Å². The lowest BCUT2D eigenvalue weighted by atomic mass is 10.0. The third-order valence-electron chi connectivity index (χ3n) is 2.45. The maximum absolute atomic E-state index is 5.41. The molecule has 0 saturated heterocycles. The van der Waals surface area contributed by atoms with Crippen LogP contribution in [0.3, 0.4) is 0 Å². The summed E-state index contributed by atoms with van der Waals surface area (Å²) in [6.07, 6.45) is 0. The molecule has 1 radical (unpaired) electrons. The standard InChI is InChI=1S/C15H15O/c1-3-16-15-10-8-14(9-11-15)13-6-4-12(2)5-7-13/h4-11H,2-3H2,1H3. The Morgan fingerprint density at radius 3 is 1.88 bits per heavy atom. The molecule has 1 heteroatoms. The SMILES string of the molecule is [CH2]c1ccc(-c2ccc(OCC)cc2)cc1. The van der Waals surface area contributed by atoms with Crippen LogP contribution in [0.5, 0.6) is 5.75 Å². The van der Waals surface area contributed by atoms with E-state index in [1.807, 2.05) is 31.2 Å². The molecule has 0 atom stereocenters. The molecule has 0 N–H and O–H groups in total. The Bertz CT molecular complexity index is 440. The van der Waals surface area contributed by atoms with Crippen LogP contribution in [-0.2, 0) is 0 Å². The number of benzene rings is 2. The van der Waals surface area contributed by atoms with E-state index in [1.165, 1.54) is 11.1 Å². The summed E-state index contributed by atoms with van der Waals surface area (Å²) in [5.74, 6) is 0.917. The van der Waals surface area contributed by atoms with Gasteiger partial charge in [0.1, 0.15) is 5.75 Å². The minimum Gasteiger partial charge on any atom is -0.494 e. The topological polar surface area (TPSA) is 9.23 Å². The molecule has 0 saturated carbocycles. The van der Waals surface area contributed by atoms with Crippen LogP contribution >= 0.6 is 0 Å². The van der Waals surface area contributed by atoms with E-state index in [9.17, 15) is 0 Å². The van der Waals surface area contributed by atoms with Crippen molar-refractivity contribution in [2.24, 2.45) is 0 Å². The van der Waals surface area contributed by atoms with Crippen LogP contribution in [-0.4, -0.2) is 6.61 Å². The highest BCUT2D eigenvalue weighted by molar-refractivity contribution is 5.64. The van der Waals surface area contributed by atoms with E-state index in [2.05, 4.69) is 31.2 Å². The molecule has 0 aliphatic heterocycles. The fourth-order valence-corrected chi connectivity index (χ4v) is 1.61. The van der Waals surface area contributed by atoms with Gasteiger partial charge in [0.2, 0.25) is 0 Å². The predicted molar refractivity (Wildman–Crippen MR) is 67.5 cm³/mol. The summed E-state index contributed by atoms with van der Waals surface area (Å²) < 4.78 is 5.41. The van der Waals surface area contributed by atoms with Gasteiger partial charge in [-0.25, -0.2) is 0 Å². The van der Waals surface area contributed by atoms with E-state index in [-0.39, 0.29) is 0 Å². The lowest BCUT2D eigenvalue weighted by Gasteiger charge is -2.05. The van der Waals surface area contributed by atoms with Crippen LogP contribution in [0.15, 0.2) is 48.5 Å². The summed E-state index contributed by atoms with van der Waals surface area (Å²) in [5, 5.41) is 0. The summed E-state index contributed by atoms with van der Waals surface area (Å²) in [6.45, 7) is 6.56. The second-order valence-electron chi connectivity index (χ2n) is 3.65. The van der Waals surface area contributed by atoms with Gasteiger partial charge in [-0.15, -0.1) is 0 Å². The molecule has 0 heterocycles. The average molecular weight is 211 g/mol. The van der Waals surface area contributed by atoms with Gasteiger partial charge in [-0.05, 0) is 42.7 Å². The summed E-state index contributed by atoms with van der Waals surface area (Å²) in [6, 6.07) is 16.3. The van der Waals surface area contributed by atoms with Crippen molar-refractivity contribution in [2.75, 3.05) is 6.61 Å². The number of hydrogen-bond acceptors (Lipinski definition) is 1. The number of hydrogen-bond donors (Lipinski definition) is 0. The highest BCUT2D eigenvalue weighted by atomic mass is 16.5. The molecule has 0 aliphatic carbocycles. The zero-order valence-corrected chi connectivity index (χ0v) is 9.44. The summed E-state index contributed by atoms with van der Waals surface area (Å²) in [7, 11) is 0. The molecule has 1 nitrogen and oxygen atoms in total. The molecule has 16 heavy (non-hydrogen) atoms. The minimum atomic E-state index is 0.704. The van der Waals surface area contributed by atoms with Gasteiger partial charge in [0.15, 0.2) is 0 Å². The molecule has 2 aromatic carbocycles. The van der Waals surface area contributed by atoms with Crippen molar-refractivity contribution in [1.29, 1.82) is 0 Å². The second-order valence-corrected chi connectivity index (χ2v) is 3.65. The molecule has 2 aromatic rings. The molecule has 0 aliphatic rings.